The van der Waals surface area contributed by atoms with E-state index >= 15 is 0 Å². The number of benzene rings is 4. The first-order valence-corrected chi connectivity index (χ1v) is 15.0. The van der Waals surface area contributed by atoms with Crippen molar-refractivity contribution < 1.29 is 18.9 Å². The van der Waals surface area contributed by atoms with Gasteiger partial charge < -0.3 is 18.9 Å². The van der Waals surface area contributed by atoms with Crippen LogP contribution in [-0.2, 0) is 19.3 Å². The van der Waals surface area contributed by atoms with E-state index in [0.717, 1.165) is 42.3 Å². The topological polar surface area (TPSA) is 36.9 Å². The van der Waals surface area contributed by atoms with Gasteiger partial charge in [0.25, 0.3) is 0 Å². The maximum absolute atomic E-state index is 5.59. The van der Waals surface area contributed by atoms with Crippen molar-refractivity contribution in [1.29, 1.82) is 0 Å². The van der Waals surface area contributed by atoms with Gasteiger partial charge in [0.1, 0.15) is 23.0 Å². The quantitative estimate of drug-likeness (QED) is 0.197. The number of ether oxygens (including phenoxy) is 4. The fourth-order valence-corrected chi connectivity index (χ4v) is 6.46. The highest BCUT2D eigenvalue weighted by molar-refractivity contribution is 5.50. The van der Waals surface area contributed by atoms with E-state index in [1.165, 1.54) is 66.8 Å². The summed E-state index contributed by atoms with van der Waals surface area (Å²) in [5.74, 6) is 3.99. The zero-order valence-corrected chi connectivity index (χ0v) is 28.4. The van der Waals surface area contributed by atoms with Gasteiger partial charge in [-0.25, -0.2) is 0 Å². The van der Waals surface area contributed by atoms with Crippen molar-refractivity contribution in [1.82, 2.24) is 0 Å². The molecule has 0 atom stereocenters. The van der Waals surface area contributed by atoms with Crippen LogP contribution >= 0.6 is 0 Å². The van der Waals surface area contributed by atoms with Crippen LogP contribution in [0, 0.1) is 55.4 Å². The van der Waals surface area contributed by atoms with Crippen molar-refractivity contribution in [2.75, 3.05) is 28.4 Å². The summed E-state index contributed by atoms with van der Waals surface area (Å²) in [5, 5.41) is 0. The lowest BCUT2D eigenvalue weighted by atomic mass is 9.96. The Kier molecular flexibility index (Phi) is 11.7. The third kappa shape index (κ3) is 8.34. The SMILES string of the molecule is COc1c(C)cc(C)cc1CCc1cc(C)cc(C)c1OC.COc1c(C)cc(Cc2cc(C)cc(C)c2OC)cc1C. The van der Waals surface area contributed by atoms with Crippen molar-refractivity contribution in [2.45, 2.75) is 74.7 Å². The summed E-state index contributed by atoms with van der Waals surface area (Å²) in [4.78, 5) is 0. The van der Waals surface area contributed by atoms with Gasteiger partial charge >= 0.3 is 0 Å². The first kappa shape index (κ1) is 33.6. The van der Waals surface area contributed by atoms with Crippen molar-refractivity contribution in [3.8, 4) is 23.0 Å². The molecule has 4 rings (SSSR count). The van der Waals surface area contributed by atoms with Crippen LogP contribution in [0.2, 0.25) is 0 Å². The van der Waals surface area contributed by atoms with Crippen LogP contribution in [0.4, 0.5) is 0 Å². The van der Waals surface area contributed by atoms with Gasteiger partial charge in [0.2, 0.25) is 0 Å². The van der Waals surface area contributed by atoms with E-state index in [-0.39, 0.29) is 0 Å². The summed E-state index contributed by atoms with van der Waals surface area (Å²) >= 11 is 0. The van der Waals surface area contributed by atoms with Crippen LogP contribution in [0.1, 0.15) is 66.8 Å². The van der Waals surface area contributed by atoms with Crippen LogP contribution in [0.5, 0.6) is 23.0 Å². The predicted octanol–water partition coefficient (Wildman–Crippen LogP) is 9.25. The number of rotatable bonds is 9. The van der Waals surface area contributed by atoms with Gasteiger partial charge in [0.05, 0.1) is 28.4 Å². The molecule has 0 aliphatic rings. The summed E-state index contributed by atoms with van der Waals surface area (Å²) < 4.78 is 22.2. The predicted molar refractivity (Wildman–Crippen MR) is 180 cm³/mol. The second-order valence-electron chi connectivity index (χ2n) is 11.8. The molecule has 4 aromatic carbocycles. The number of aryl methyl sites for hydroxylation is 10. The molecule has 0 aliphatic carbocycles. The van der Waals surface area contributed by atoms with Crippen LogP contribution in [0.3, 0.4) is 0 Å². The fourth-order valence-electron chi connectivity index (χ4n) is 6.46. The Balaban J connectivity index is 0.000000236. The van der Waals surface area contributed by atoms with Crippen molar-refractivity contribution in [3.05, 3.63) is 115 Å². The van der Waals surface area contributed by atoms with E-state index in [9.17, 15) is 0 Å². The molecule has 0 fully saturated rings. The monoisotopic (exact) mass is 582 g/mol. The molecular weight excluding hydrogens is 532 g/mol. The Morgan fingerprint density at radius 1 is 0.372 bits per heavy atom. The Hall–Kier alpha value is -3.92. The minimum absolute atomic E-state index is 0.872. The highest BCUT2D eigenvalue weighted by Crippen LogP contribution is 2.31. The Morgan fingerprint density at radius 2 is 0.674 bits per heavy atom. The third-order valence-corrected chi connectivity index (χ3v) is 7.88. The Labute approximate surface area is 260 Å². The third-order valence-electron chi connectivity index (χ3n) is 7.88. The standard InChI is InChI=1S/C20H26O2.C19H24O2/c1-13-9-15(3)19(21-5)17(11-13)7-8-18-12-14(2)10-16(4)20(18)22-6;1-12-7-13(2)19(21-6)17(8-12)11-16-9-14(3)18(20-5)15(4)10-16/h9-12H,7-8H2,1-6H3;7-10H,11H2,1-6H3. The van der Waals surface area contributed by atoms with Gasteiger partial charge in [-0.15, -0.1) is 0 Å². The van der Waals surface area contributed by atoms with E-state index in [1.807, 2.05) is 0 Å². The molecule has 0 amide bonds. The minimum atomic E-state index is 0.872. The summed E-state index contributed by atoms with van der Waals surface area (Å²) in [7, 11) is 6.96. The lowest BCUT2D eigenvalue weighted by Gasteiger charge is -2.15. The lowest BCUT2D eigenvalue weighted by molar-refractivity contribution is 0.402. The molecule has 4 aromatic rings. The molecule has 43 heavy (non-hydrogen) atoms. The summed E-state index contributed by atoms with van der Waals surface area (Å²) in [6, 6.07) is 17.5. The average molecular weight is 583 g/mol. The fraction of sp³-hybridized carbons (Fsp3) is 0.385. The highest BCUT2D eigenvalue weighted by atomic mass is 16.5. The highest BCUT2D eigenvalue weighted by Gasteiger charge is 2.13. The van der Waals surface area contributed by atoms with Crippen molar-refractivity contribution in [3.63, 3.8) is 0 Å². The molecule has 0 heterocycles. The molecule has 0 N–H and O–H groups in total. The number of methoxy groups -OCH3 is 4. The van der Waals surface area contributed by atoms with E-state index in [2.05, 4.69) is 104 Å². The zero-order chi connectivity index (χ0) is 31.8. The largest absolute Gasteiger partial charge is 0.496 e. The normalized spacial score (nSPS) is 10.6. The van der Waals surface area contributed by atoms with Gasteiger partial charge in [0, 0.05) is 6.42 Å². The second-order valence-corrected chi connectivity index (χ2v) is 11.8. The summed E-state index contributed by atoms with van der Waals surface area (Å²) in [6.07, 6.45) is 2.77. The molecule has 0 aliphatic heterocycles. The maximum Gasteiger partial charge on any atom is 0.125 e. The van der Waals surface area contributed by atoms with Crippen LogP contribution in [0.25, 0.3) is 0 Å². The molecular formula is C39H50O4. The molecule has 0 unspecified atom stereocenters. The summed E-state index contributed by atoms with van der Waals surface area (Å²) in [5.41, 5.74) is 14.8. The van der Waals surface area contributed by atoms with Crippen LogP contribution in [-0.4, -0.2) is 28.4 Å². The van der Waals surface area contributed by atoms with E-state index in [1.54, 1.807) is 28.4 Å². The first-order chi connectivity index (χ1) is 20.4. The Morgan fingerprint density at radius 3 is 1.02 bits per heavy atom. The number of hydrogen-bond donors (Lipinski definition) is 0. The number of hydrogen-bond acceptors (Lipinski definition) is 4. The van der Waals surface area contributed by atoms with Gasteiger partial charge in [-0.2, -0.15) is 0 Å². The van der Waals surface area contributed by atoms with Crippen LogP contribution in [0.15, 0.2) is 48.5 Å². The van der Waals surface area contributed by atoms with E-state index < -0.39 is 0 Å². The molecule has 0 spiro atoms. The van der Waals surface area contributed by atoms with Gasteiger partial charge in [-0.3, -0.25) is 0 Å². The smallest absolute Gasteiger partial charge is 0.125 e. The van der Waals surface area contributed by atoms with E-state index in [0.29, 0.717) is 0 Å². The van der Waals surface area contributed by atoms with Gasteiger partial charge in [0.15, 0.2) is 0 Å². The average Bonchev–Trinajstić information content (AvgIpc) is 2.91. The molecule has 0 radical (unpaired) electrons. The minimum Gasteiger partial charge on any atom is -0.496 e. The van der Waals surface area contributed by atoms with Crippen molar-refractivity contribution >= 4 is 0 Å². The molecule has 4 nitrogen and oxygen atoms in total. The van der Waals surface area contributed by atoms with E-state index in [4.69, 9.17) is 18.9 Å². The first-order valence-electron chi connectivity index (χ1n) is 15.0. The van der Waals surface area contributed by atoms with Gasteiger partial charge in [-0.1, -0.05) is 65.2 Å². The molecule has 4 heteroatoms. The molecule has 0 aromatic heterocycles. The second kappa shape index (κ2) is 15.0. The maximum atomic E-state index is 5.59. The molecule has 0 saturated carbocycles. The molecule has 230 valence electrons. The molecule has 0 saturated heterocycles. The zero-order valence-electron chi connectivity index (χ0n) is 28.4. The summed E-state index contributed by atoms with van der Waals surface area (Å²) in [6.45, 7) is 16.9. The Bertz CT molecular complexity index is 1480. The van der Waals surface area contributed by atoms with Crippen LogP contribution < -0.4 is 18.9 Å². The van der Waals surface area contributed by atoms with Gasteiger partial charge in [-0.05, 0) is 118 Å². The molecule has 0 bridgehead atoms. The lowest BCUT2D eigenvalue weighted by Crippen LogP contribution is -2.01. The van der Waals surface area contributed by atoms with Crippen molar-refractivity contribution in [2.24, 2.45) is 0 Å².